The van der Waals surface area contributed by atoms with Crippen molar-refractivity contribution in [1.29, 1.82) is 0 Å². The highest BCUT2D eigenvalue weighted by molar-refractivity contribution is 7.91. The lowest BCUT2D eigenvalue weighted by atomic mass is 9.79. The molecule has 16 heteroatoms. The van der Waals surface area contributed by atoms with Crippen LogP contribution in [0.25, 0.3) is 11.4 Å². The quantitative estimate of drug-likeness (QED) is 0.410. The average molecular weight is 618 g/mol. The topological polar surface area (TPSA) is 155 Å². The van der Waals surface area contributed by atoms with E-state index >= 15 is 4.39 Å². The largest absolute Gasteiger partial charge is 0.415 e. The summed E-state index contributed by atoms with van der Waals surface area (Å²) in [5.74, 6) is -5.48. The number of benzene rings is 2. The molecule has 1 saturated heterocycles. The van der Waals surface area contributed by atoms with Crippen molar-refractivity contribution in [3.05, 3.63) is 58.7 Å². The van der Waals surface area contributed by atoms with Crippen molar-refractivity contribution in [3.8, 4) is 11.4 Å². The highest BCUT2D eigenvalue weighted by Gasteiger charge is 2.61. The van der Waals surface area contributed by atoms with Gasteiger partial charge in [0, 0.05) is 18.2 Å². The fraction of sp³-hybridized carbons (Fsp3) is 0.400. The van der Waals surface area contributed by atoms with Crippen LogP contribution in [-0.2, 0) is 31.5 Å². The van der Waals surface area contributed by atoms with Crippen LogP contribution in [0, 0.1) is 11.7 Å². The van der Waals surface area contributed by atoms with Crippen LogP contribution in [0.2, 0.25) is 5.02 Å². The smallest absolute Gasteiger partial charge is 0.381 e. The van der Waals surface area contributed by atoms with Crippen LogP contribution in [0.1, 0.15) is 24.3 Å². The normalized spacial score (nSPS) is 21.3. The molecule has 2 atom stereocenters. The molecule has 1 fully saturated rings. The summed E-state index contributed by atoms with van der Waals surface area (Å²) in [5.41, 5.74) is 8.54. The SMILES string of the molecule is N[C@H]1CS(=O)(=O)c2cc(F)c(-c3noc(C(N)(C4CCOCC4)C(F)(F)F)n3)cc2N(Cc2ccc(Cl)cc2)C1=O. The van der Waals surface area contributed by atoms with Crippen LogP contribution in [0.4, 0.5) is 23.2 Å². The van der Waals surface area contributed by atoms with Crippen LogP contribution in [0.3, 0.4) is 0 Å². The number of nitrogens with zero attached hydrogens (tertiary/aromatic N) is 3. The van der Waals surface area contributed by atoms with E-state index in [1.54, 1.807) is 24.3 Å². The number of aromatic nitrogens is 2. The lowest BCUT2D eigenvalue weighted by Crippen LogP contribution is -2.57. The van der Waals surface area contributed by atoms with E-state index in [0.717, 1.165) is 11.0 Å². The third-order valence-corrected chi connectivity index (χ3v) is 9.31. The number of hydrogen-bond acceptors (Lipinski definition) is 9. The Bertz CT molecular complexity index is 1580. The number of ether oxygens (including phenoxy) is 1. The first-order chi connectivity index (χ1) is 19.2. The summed E-state index contributed by atoms with van der Waals surface area (Å²) in [6.07, 6.45) is -5.06. The second kappa shape index (κ2) is 10.6. The van der Waals surface area contributed by atoms with Gasteiger partial charge in [-0.1, -0.05) is 28.9 Å². The fourth-order valence-electron chi connectivity index (χ4n) is 5.01. The first-order valence-electron chi connectivity index (χ1n) is 12.4. The highest BCUT2D eigenvalue weighted by atomic mass is 35.5. The van der Waals surface area contributed by atoms with Crippen LogP contribution in [-0.4, -0.2) is 55.7 Å². The van der Waals surface area contributed by atoms with Crippen LogP contribution >= 0.6 is 11.6 Å². The summed E-state index contributed by atoms with van der Waals surface area (Å²) in [4.78, 5) is 17.6. The van der Waals surface area contributed by atoms with E-state index in [-0.39, 0.29) is 38.3 Å². The van der Waals surface area contributed by atoms with E-state index in [0.29, 0.717) is 16.7 Å². The molecule has 1 amide bonds. The van der Waals surface area contributed by atoms with Gasteiger partial charge in [-0.3, -0.25) is 4.79 Å². The van der Waals surface area contributed by atoms with Crippen molar-refractivity contribution in [2.24, 2.45) is 17.4 Å². The number of carbonyl (C=O) groups is 1. The fourth-order valence-corrected chi connectivity index (χ4v) is 6.70. The molecule has 2 aliphatic heterocycles. The van der Waals surface area contributed by atoms with Gasteiger partial charge in [0.15, 0.2) is 15.4 Å². The molecule has 3 aromatic rings. The molecule has 4 N–H and O–H groups in total. The number of carbonyl (C=O) groups excluding carboxylic acids is 1. The minimum atomic E-state index is -5.00. The number of sulfone groups is 1. The first kappa shape index (κ1) is 29.4. The second-order valence-electron chi connectivity index (χ2n) is 9.92. The van der Waals surface area contributed by atoms with Crippen molar-refractivity contribution in [3.63, 3.8) is 0 Å². The van der Waals surface area contributed by atoms with E-state index in [1.807, 2.05) is 0 Å². The van der Waals surface area contributed by atoms with Crippen molar-refractivity contribution >= 4 is 33.0 Å². The number of hydrogen-bond donors (Lipinski definition) is 2. The molecule has 2 aliphatic rings. The monoisotopic (exact) mass is 617 g/mol. The van der Waals surface area contributed by atoms with Gasteiger partial charge in [0.05, 0.1) is 34.5 Å². The number of nitrogens with two attached hydrogens (primary N) is 2. The predicted octanol–water partition coefficient (Wildman–Crippen LogP) is 3.32. The molecule has 1 unspecified atom stereocenters. The van der Waals surface area contributed by atoms with E-state index in [9.17, 15) is 26.4 Å². The molecule has 0 radical (unpaired) electrons. The minimum absolute atomic E-state index is 0.0270. The number of anilines is 1. The maximum atomic E-state index is 15.4. The van der Waals surface area contributed by atoms with Gasteiger partial charge in [0.2, 0.25) is 11.7 Å². The van der Waals surface area contributed by atoms with E-state index < -0.39 is 73.2 Å². The summed E-state index contributed by atoms with van der Waals surface area (Å²) in [7, 11) is -4.26. The van der Waals surface area contributed by atoms with Gasteiger partial charge in [-0.15, -0.1) is 0 Å². The Balaban J connectivity index is 1.62. The van der Waals surface area contributed by atoms with Crippen molar-refractivity contribution in [1.82, 2.24) is 10.1 Å². The Morgan fingerprint density at radius 1 is 1.12 bits per heavy atom. The lowest BCUT2D eigenvalue weighted by molar-refractivity contribution is -0.219. The Labute approximate surface area is 236 Å². The Morgan fingerprint density at radius 3 is 2.41 bits per heavy atom. The molecule has 0 aliphatic carbocycles. The van der Waals surface area contributed by atoms with Crippen molar-refractivity contribution in [2.45, 2.75) is 42.0 Å². The molecule has 3 heterocycles. The second-order valence-corrected chi connectivity index (χ2v) is 12.4. The van der Waals surface area contributed by atoms with Gasteiger partial charge in [-0.2, -0.15) is 18.2 Å². The average Bonchev–Trinajstić information content (AvgIpc) is 3.40. The van der Waals surface area contributed by atoms with Crippen LogP contribution < -0.4 is 16.4 Å². The molecule has 220 valence electrons. The zero-order chi connectivity index (χ0) is 29.7. The van der Waals surface area contributed by atoms with Gasteiger partial charge < -0.3 is 25.6 Å². The molecule has 1 aromatic heterocycles. The zero-order valence-electron chi connectivity index (χ0n) is 21.2. The van der Waals surface area contributed by atoms with Gasteiger partial charge in [-0.05, 0) is 48.6 Å². The summed E-state index contributed by atoms with van der Waals surface area (Å²) >= 11 is 5.94. The molecular weight excluding hydrogens is 594 g/mol. The van der Waals surface area contributed by atoms with Gasteiger partial charge in [0.1, 0.15) is 5.82 Å². The predicted molar refractivity (Wildman–Crippen MR) is 138 cm³/mol. The molecule has 2 aromatic carbocycles. The summed E-state index contributed by atoms with van der Waals surface area (Å²) in [5, 5.41) is 3.97. The van der Waals surface area contributed by atoms with Crippen LogP contribution in [0.15, 0.2) is 45.8 Å². The van der Waals surface area contributed by atoms with E-state index in [4.69, 9.17) is 32.3 Å². The van der Waals surface area contributed by atoms with Crippen molar-refractivity contribution in [2.75, 3.05) is 23.9 Å². The summed E-state index contributed by atoms with van der Waals surface area (Å²) < 4.78 is 94.5. The molecule has 5 rings (SSSR count). The molecule has 41 heavy (non-hydrogen) atoms. The maximum Gasteiger partial charge on any atom is 0.415 e. The highest BCUT2D eigenvalue weighted by Crippen LogP contribution is 2.46. The van der Waals surface area contributed by atoms with E-state index in [1.165, 1.54) is 0 Å². The number of alkyl halides is 3. The summed E-state index contributed by atoms with van der Waals surface area (Å²) in [6.45, 7) is -0.0685. The first-order valence-corrected chi connectivity index (χ1v) is 14.4. The number of amides is 1. The third kappa shape index (κ3) is 5.32. The molecule has 0 spiro atoms. The lowest BCUT2D eigenvalue weighted by Gasteiger charge is -2.37. The zero-order valence-corrected chi connectivity index (χ0v) is 22.8. The maximum absolute atomic E-state index is 15.4. The number of halogens is 5. The van der Waals surface area contributed by atoms with E-state index in [2.05, 4.69) is 10.1 Å². The van der Waals surface area contributed by atoms with Crippen LogP contribution in [0.5, 0.6) is 0 Å². The molecular formula is C25H24ClF4N5O5S. The molecule has 10 nitrogen and oxygen atoms in total. The van der Waals surface area contributed by atoms with Crippen molar-refractivity contribution < 1.29 is 40.0 Å². The standard InChI is InChI=1S/C25H24ClF4N5O5S/c26-15-3-1-13(2-4-15)11-35-19-9-16(17(27)10-20(19)41(37,38)12-18(31)22(35)36)21-33-23(40-34-21)24(32,25(28,29)30)14-5-7-39-8-6-14/h1-4,9-10,14,18H,5-8,11-12,31-32H2/t18-,24?/m0/s1. The Hall–Kier alpha value is -3.11. The number of fused-ring (bicyclic) bond motifs is 1. The molecule has 0 bridgehead atoms. The van der Waals surface area contributed by atoms with Gasteiger partial charge >= 0.3 is 6.18 Å². The van der Waals surface area contributed by atoms with Gasteiger partial charge in [0.25, 0.3) is 5.89 Å². The van der Waals surface area contributed by atoms with Gasteiger partial charge in [-0.25, -0.2) is 12.8 Å². The minimum Gasteiger partial charge on any atom is -0.381 e. The molecule has 0 saturated carbocycles. The number of rotatable bonds is 5. The third-order valence-electron chi connectivity index (χ3n) is 7.27. The summed E-state index contributed by atoms with van der Waals surface area (Å²) in [6, 6.07) is 6.50. The Morgan fingerprint density at radius 2 is 1.78 bits per heavy atom. The Kier molecular flexibility index (Phi) is 7.61.